The molecule has 0 radical (unpaired) electrons. The van der Waals surface area contributed by atoms with Crippen LogP contribution in [-0.2, 0) is 4.74 Å². The predicted octanol–water partition coefficient (Wildman–Crippen LogP) is -0.0930. The van der Waals surface area contributed by atoms with Crippen LogP contribution >= 0.6 is 0 Å². The Morgan fingerprint density at radius 1 is 1.17 bits per heavy atom. The first-order valence-electron chi connectivity index (χ1n) is 7.29. The third-order valence-corrected chi connectivity index (χ3v) is 3.66. The molecule has 1 aromatic carbocycles. The van der Waals surface area contributed by atoms with Gasteiger partial charge in [-0.1, -0.05) is 12.2 Å². The van der Waals surface area contributed by atoms with Crippen LogP contribution in [0.1, 0.15) is 12.5 Å². The molecule has 0 saturated carbocycles. The van der Waals surface area contributed by atoms with Gasteiger partial charge in [0, 0.05) is 11.6 Å². The first-order valence-corrected chi connectivity index (χ1v) is 7.29. The molecule has 0 spiro atoms. The SMILES string of the molecule is CC=Cc1ccc(OC)cc1OC1OC(CO)C(O)C(O)C1O. The molecule has 7 nitrogen and oxygen atoms in total. The van der Waals surface area contributed by atoms with E-state index in [9.17, 15) is 20.4 Å². The Labute approximate surface area is 134 Å². The molecular weight excluding hydrogens is 304 g/mol. The Morgan fingerprint density at radius 2 is 1.91 bits per heavy atom. The van der Waals surface area contributed by atoms with E-state index in [0.29, 0.717) is 11.5 Å². The second kappa shape index (κ2) is 7.76. The number of hydrogen-bond acceptors (Lipinski definition) is 7. The molecule has 7 heteroatoms. The van der Waals surface area contributed by atoms with Crippen LogP contribution in [0.4, 0.5) is 0 Å². The highest BCUT2D eigenvalue weighted by Gasteiger charge is 2.44. The van der Waals surface area contributed by atoms with Crippen molar-refractivity contribution in [2.45, 2.75) is 37.6 Å². The first kappa shape index (κ1) is 17.7. The Bertz CT molecular complexity index is 543. The zero-order chi connectivity index (χ0) is 17.0. The molecule has 0 aromatic heterocycles. The van der Waals surface area contributed by atoms with Gasteiger partial charge in [0.15, 0.2) is 0 Å². The number of ether oxygens (including phenoxy) is 3. The largest absolute Gasteiger partial charge is 0.497 e. The van der Waals surface area contributed by atoms with E-state index in [1.807, 2.05) is 13.0 Å². The van der Waals surface area contributed by atoms with Gasteiger partial charge in [0.05, 0.1) is 13.7 Å². The summed E-state index contributed by atoms with van der Waals surface area (Å²) in [4.78, 5) is 0. The van der Waals surface area contributed by atoms with Gasteiger partial charge in [-0.15, -0.1) is 0 Å². The van der Waals surface area contributed by atoms with E-state index < -0.39 is 37.3 Å². The third-order valence-electron chi connectivity index (χ3n) is 3.66. The number of methoxy groups -OCH3 is 1. The minimum absolute atomic E-state index is 0.381. The van der Waals surface area contributed by atoms with Crippen LogP contribution in [0.25, 0.3) is 6.08 Å². The van der Waals surface area contributed by atoms with E-state index in [1.165, 1.54) is 7.11 Å². The number of benzene rings is 1. The van der Waals surface area contributed by atoms with Crippen molar-refractivity contribution in [3.8, 4) is 11.5 Å². The highest BCUT2D eigenvalue weighted by Crippen LogP contribution is 2.30. The fourth-order valence-electron chi connectivity index (χ4n) is 2.35. The summed E-state index contributed by atoms with van der Waals surface area (Å²) in [5, 5.41) is 38.8. The van der Waals surface area contributed by atoms with Crippen LogP contribution in [0.3, 0.4) is 0 Å². The van der Waals surface area contributed by atoms with Crippen molar-refractivity contribution < 1.29 is 34.6 Å². The molecule has 5 atom stereocenters. The second-order valence-corrected chi connectivity index (χ2v) is 5.22. The Hall–Kier alpha value is -1.64. The van der Waals surface area contributed by atoms with Crippen molar-refractivity contribution in [2.24, 2.45) is 0 Å². The van der Waals surface area contributed by atoms with Crippen LogP contribution in [-0.4, -0.2) is 64.8 Å². The lowest BCUT2D eigenvalue weighted by molar-refractivity contribution is -0.277. The molecule has 1 saturated heterocycles. The summed E-state index contributed by atoms with van der Waals surface area (Å²) < 4.78 is 16.2. The monoisotopic (exact) mass is 326 g/mol. The summed E-state index contributed by atoms with van der Waals surface area (Å²) in [6, 6.07) is 5.16. The van der Waals surface area contributed by atoms with E-state index in [1.54, 1.807) is 24.3 Å². The maximum atomic E-state index is 10.0. The summed E-state index contributed by atoms with van der Waals surface area (Å²) in [5.41, 5.74) is 0.727. The topological polar surface area (TPSA) is 109 Å². The van der Waals surface area contributed by atoms with Crippen LogP contribution in [0, 0.1) is 0 Å². The molecule has 0 aliphatic carbocycles. The van der Waals surface area contributed by atoms with E-state index in [2.05, 4.69) is 0 Å². The van der Waals surface area contributed by atoms with E-state index in [-0.39, 0.29) is 0 Å². The molecule has 1 aliphatic heterocycles. The highest BCUT2D eigenvalue weighted by molar-refractivity contribution is 5.59. The van der Waals surface area contributed by atoms with E-state index >= 15 is 0 Å². The first-order chi connectivity index (χ1) is 11.0. The molecule has 1 heterocycles. The van der Waals surface area contributed by atoms with Crippen LogP contribution < -0.4 is 9.47 Å². The number of aliphatic hydroxyl groups is 4. The van der Waals surface area contributed by atoms with Gasteiger partial charge >= 0.3 is 0 Å². The predicted molar refractivity (Wildman–Crippen MR) is 82.1 cm³/mol. The van der Waals surface area contributed by atoms with Gasteiger partial charge in [-0.2, -0.15) is 0 Å². The van der Waals surface area contributed by atoms with E-state index in [4.69, 9.17) is 14.2 Å². The summed E-state index contributed by atoms with van der Waals surface area (Å²) >= 11 is 0. The zero-order valence-electron chi connectivity index (χ0n) is 13.0. The van der Waals surface area contributed by atoms with Crippen LogP contribution in [0.2, 0.25) is 0 Å². The van der Waals surface area contributed by atoms with Gasteiger partial charge in [0.25, 0.3) is 0 Å². The second-order valence-electron chi connectivity index (χ2n) is 5.22. The molecule has 1 aliphatic rings. The van der Waals surface area contributed by atoms with Crippen molar-refractivity contribution in [1.82, 2.24) is 0 Å². The molecule has 5 unspecified atom stereocenters. The molecule has 2 rings (SSSR count). The van der Waals surface area contributed by atoms with Gasteiger partial charge < -0.3 is 34.6 Å². The Kier molecular flexibility index (Phi) is 5.97. The quantitative estimate of drug-likeness (QED) is 0.599. The Morgan fingerprint density at radius 3 is 2.52 bits per heavy atom. The molecular formula is C16H22O7. The standard InChI is InChI=1S/C16H22O7/c1-3-4-9-5-6-10(21-2)7-11(9)22-16-15(20)14(19)13(18)12(8-17)23-16/h3-7,12-20H,8H2,1-2H3. The fraction of sp³-hybridized carbons (Fsp3) is 0.500. The van der Waals surface area contributed by atoms with Crippen molar-refractivity contribution >= 4 is 6.08 Å². The molecule has 4 N–H and O–H groups in total. The normalized spacial score (nSPS) is 31.3. The number of hydrogen-bond donors (Lipinski definition) is 4. The van der Waals surface area contributed by atoms with Gasteiger partial charge in [-0.3, -0.25) is 0 Å². The number of aliphatic hydroxyl groups excluding tert-OH is 4. The van der Waals surface area contributed by atoms with Crippen LogP contribution in [0.5, 0.6) is 11.5 Å². The smallest absolute Gasteiger partial charge is 0.229 e. The van der Waals surface area contributed by atoms with E-state index in [0.717, 1.165) is 5.56 Å². The molecule has 0 bridgehead atoms. The lowest BCUT2D eigenvalue weighted by Crippen LogP contribution is -2.60. The maximum Gasteiger partial charge on any atom is 0.229 e. The Balaban J connectivity index is 2.26. The maximum absolute atomic E-state index is 10.0. The average Bonchev–Trinajstić information content (AvgIpc) is 2.57. The summed E-state index contributed by atoms with van der Waals surface area (Å²) in [6.07, 6.45) is -2.99. The molecule has 1 fully saturated rings. The van der Waals surface area contributed by atoms with Gasteiger partial charge in [0.1, 0.15) is 35.9 Å². The molecule has 0 amide bonds. The van der Waals surface area contributed by atoms with Crippen molar-refractivity contribution in [2.75, 3.05) is 13.7 Å². The highest BCUT2D eigenvalue weighted by atomic mass is 16.7. The minimum atomic E-state index is -1.48. The van der Waals surface area contributed by atoms with Gasteiger partial charge in [-0.05, 0) is 19.1 Å². The fourth-order valence-corrected chi connectivity index (χ4v) is 2.35. The van der Waals surface area contributed by atoms with Crippen LogP contribution in [0.15, 0.2) is 24.3 Å². The van der Waals surface area contributed by atoms with Gasteiger partial charge in [0.2, 0.25) is 6.29 Å². The van der Waals surface area contributed by atoms with Crippen molar-refractivity contribution in [3.63, 3.8) is 0 Å². The number of rotatable bonds is 5. The zero-order valence-corrected chi connectivity index (χ0v) is 13.0. The average molecular weight is 326 g/mol. The van der Waals surface area contributed by atoms with Crippen molar-refractivity contribution in [1.29, 1.82) is 0 Å². The summed E-state index contributed by atoms with van der Waals surface area (Å²) in [6.45, 7) is 1.34. The van der Waals surface area contributed by atoms with Gasteiger partial charge in [-0.25, -0.2) is 0 Å². The number of allylic oxidation sites excluding steroid dienone is 1. The summed E-state index contributed by atoms with van der Waals surface area (Å²) in [7, 11) is 1.52. The molecule has 128 valence electrons. The lowest BCUT2D eigenvalue weighted by atomic mass is 9.99. The third kappa shape index (κ3) is 3.82. The summed E-state index contributed by atoms with van der Waals surface area (Å²) in [5.74, 6) is 0.935. The molecule has 23 heavy (non-hydrogen) atoms. The lowest BCUT2D eigenvalue weighted by Gasteiger charge is -2.39. The minimum Gasteiger partial charge on any atom is -0.497 e. The molecule has 1 aromatic rings. The van der Waals surface area contributed by atoms with Crippen molar-refractivity contribution in [3.05, 3.63) is 29.8 Å².